The molecule has 3 rings (SSSR count). The van der Waals surface area contributed by atoms with Crippen LogP contribution < -0.4 is 4.74 Å². The zero-order valence-corrected chi connectivity index (χ0v) is 13.2. The Kier molecular flexibility index (Phi) is 4.48. The van der Waals surface area contributed by atoms with Crippen LogP contribution in [0, 0.1) is 6.92 Å². The van der Waals surface area contributed by atoms with E-state index in [0.29, 0.717) is 0 Å². The Morgan fingerprint density at radius 2 is 1.52 bits per heavy atom. The fraction of sp³-hybridized carbons (Fsp3) is 0.100. The van der Waals surface area contributed by atoms with Crippen LogP contribution in [0.4, 0.5) is 0 Å². The smallest absolute Gasteiger partial charge is 0.119 e. The molecular weight excluding hydrogens is 284 g/mol. The summed E-state index contributed by atoms with van der Waals surface area (Å²) in [5.41, 5.74) is 5.12. The summed E-state index contributed by atoms with van der Waals surface area (Å²) in [5.74, 6) is 0.853. The van der Waals surface area contributed by atoms with Crippen LogP contribution in [0.15, 0.2) is 60.9 Å². The predicted molar refractivity (Wildman–Crippen MR) is 94.1 cm³/mol. The quantitative estimate of drug-likeness (QED) is 0.704. The predicted octanol–water partition coefficient (Wildman–Crippen LogP) is 4.63. The Hall–Kier alpha value is -2.94. The first kappa shape index (κ1) is 15.0. The van der Waals surface area contributed by atoms with E-state index in [9.17, 15) is 0 Å². The maximum atomic E-state index is 5.24. The van der Waals surface area contributed by atoms with Crippen LogP contribution in [0.5, 0.6) is 5.75 Å². The maximum absolute atomic E-state index is 5.24. The topological polar surface area (TPSA) is 35.0 Å². The molecule has 3 nitrogen and oxygen atoms in total. The number of nitrogens with zero attached hydrogens (tertiary/aromatic N) is 2. The van der Waals surface area contributed by atoms with Gasteiger partial charge >= 0.3 is 0 Å². The number of hydrogen-bond donors (Lipinski definition) is 0. The molecule has 1 aromatic carbocycles. The molecule has 23 heavy (non-hydrogen) atoms. The number of benzene rings is 1. The van der Waals surface area contributed by atoms with Gasteiger partial charge in [-0.1, -0.05) is 24.3 Å². The lowest BCUT2D eigenvalue weighted by Gasteiger charge is -2.03. The molecule has 3 heteroatoms. The van der Waals surface area contributed by atoms with E-state index in [1.165, 1.54) is 5.56 Å². The zero-order chi connectivity index (χ0) is 16.1. The lowest BCUT2D eigenvalue weighted by atomic mass is 10.1. The number of methoxy groups -OCH3 is 1. The molecule has 0 saturated carbocycles. The maximum Gasteiger partial charge on any atom is 0.119 e. The summed E-state index contributed by atoms with van der Waals surface area (Å²) in [5, 5.41) is 0. The minimum Gasteiger partial charge on any atom is -0.497 e. The number of rotatable bonds is 4. The van der Waals surface area contributed by atoms with Crippen LogP contribution in [0.25, 0.3) is 23.5 Å². The van der Waals surface area contributed by atoms with Crippen LogP contribution >= 0.6 is 0 Å². The molecule has 0 atom stereocenters. The summed E-state index contributed by atoms with van der Waals surface area (Å²) in [6, 6.07) is 16.0. The first-order valence-electron chi connectivity index (χ1n) is 7.46. The van der Waals surface area contributed by atoms with Gasteiger partial charge in [-0.3, -0.25) is 9.97 Å². The minimum atomic E-state index is 0.853. The number of pyridine rings is 2. The van der Waals surface area contributed by atoms with Gasteiger partial charge in [0.15, 0.2) is 0 Å². The Balaban J connectivity index is 1.86. The summed E-state index contributed by atoms with van der Waals surface area (Å²) >= 11 is 0. The van der Waals surface area contributed by atoms with Gasteiger partial charge in [0.2, 0.25) is 0 Å². The van der Waals surface area contributed by atoms with Gasteiger partial charge in [0.25, 0.3) is 0 Å². The molecule has 2 aromatic heterocycles. The normalized spacial score (nSPS) is 10.9. The van der Waals surface area contributed by atoms with Crippen LogP contribution in [-0.2, 0) is 0 Å². The number of hydrogen-bond acceptors (Lipinski definition) is 3. The van der Waals surface area contributed by atoms with Crippen molar-refractivity contribution in [3.8, 4) is 17.1 Å². The van der Waals surface area contributed by atoms with Gasteiger partial charge in [0, 0.05) is 12.4 Å². The highest BCUT2D eigenvalue weighted by Gasteiger charge is 2.01. The van der Waals surface area contributed by atoms with Crippen molar-refractivity contribution in [3.05, 3.63) is 77.6 Å². The molecule has 0 unspecified atom stereocenters. The molecular formula is C20H18N2O. The fourth-order valence-corrected chi connectivity index (χ4v) is 2.30. The second-order valence-corrected chi connectivity index (χ2v) is 5.30. The van der Waals surface area contributed by atoms with Gasteiger partial charge in [-0.15, -0.1) is 0 Å². The largest absolute Gasteiger partial charge is 0.497 e. The third-order valence-corrected chi connectivity index (χ3v) is 3.52. The molecule has 3 aromatic rings. The second kappa shape index (κ2) is 6.88. The van der Waals surface area contributed by atoms with Gasteiger partial charge in [-0.25, -0.2) is 0 Å². The van der Waals surface area contributed by atoms with Gasteiger partial charge in [-0.05, 0) is 60.0 Å². The van der Waals surface area contributed by atoms with Crippen molar-refractivity contribution < 1.29 is 4.74 Å². The molecule has 0 fully saturated rings. The average Bonchev–Trinajstić information content (AvgIpc) is 2.60. The SMILES string of the molecule is COc1cccc(/C=C/c2ccnc(-c3cc(C)ccn3)c2)c1. The van der Waals surface area contributed by atoms with Crippen LogP contribution in [0.3, 0.4) is 0 Å². The van der Waals surface area contributed by atoms with E-state index in [1.54, 1.807) is 7.11 Å². The molecule has 0 spiro atoms. The Labute approximate surface area is 136 Å². The fourth-order valence-electron chi connectivity index (χ4n) is 2.30. The highest BCUT2D eigenvalue weighted by atomic mass is 16.5. The van der Waals surface area contributed by atoms with Gasteiger partial charge < -0.3 is 4.74 Å². The van der Waals surface area contributed by atoms with Gasteiger partial charge in [-0.2, -0.15) is 0 Å². The summed E-state index contributed by atoms with van der Waals surface area (Å²) < 4.78 is 5.24. The van der Waals surface area contributed by atoms with Gasteiger partial charge in [0.05, 0.1) is 18.5 Å². The van der Waals surface area contributed by atoms with E-state index in [4.69, 9.17) is 4.74 Å². The van der Waals surface area contributed by atoms with Crippen LogP contribution in [-0.4, -0.2) is 17.1 Å². The van der Waals surface area contributed by atoms with Crippen molar-refractivity contribution in [2.45, 2.75) is 6.92 Å². The molecule has 0 N–H and O–H groups in total. The minimum absolute atomic E-state index is 0.853. The zero-order valence-electron chi connectivity index (χ0n) is 13.2. The first-order chi connectivity index (χ1) is 11.2. The van der Waals surface area contributed by atoms with E-state index in [2.05, 4.69) is 29.0 Å². The van der Waals surface area contributed by atoms with E-state index in [-0.39, 0.29) is 0 Å². The van der Waals surface area contributed by atoms with Crippen molar-refractivity contribution in [2.24, 2.45) is 0 Å². The van der Waals surface area contributed by atoms with Crippen LogP contribution in [0.1, 0.15) is 16.7 Å². The third-order valence-electron chi connectivity index (χ3n) is 3.52. The van der Waals surface area contributed by atoms with Crippen molar-refractivity contribution in [2.75, 3.05) is 7.11 Å². The summed E-state index contributed by atoms with van der Waals surface area (Å²) in [7, 11) is 1.67. The van der Waals surface area contributed by atoms with Crippen molar-refractivity contribution >= 4 is 12.2 Å². The third kappa shape index (κ3) is 3.83. The number of aromatic nitrogens is 2. The highest BCUT2D eigenvalue weighted by molar-refractivity contribution is 5.72. The molecule has 0 aliphatic heterocycles. The molecule has 0 radical (unpaired) electrons. The Bertz CT molecular complexity index is 840. The molecule has 0 aliphatic carbocycles. The molecule has 0 saturated heterocycles. The van der Waals surface area contributed by atoms with Crippen molar-refractivity contribution in [1.82, 2.24) is 9.97 Å². The standard InChI is InChI=1S/C20H18N2O/c1-15-8-10-21-19(12-15)20-14-17(9-11-22-20)7-6-16-4-3-5-18(13-16)23-2/h3-14H,1-2H3/b7-6+. The Morgan fingerprint density at radius 3 is 2.26 bits per heavy atom. The number of ether oxygens (including phenoxy) is 1. The van der Waals surface area contributed by atoms with Crippen molar-refractivity contribution in [1.29, 1.82) is 0 Å². The Morgan fingerprint density at radius 1 is 0.826 bits per heavy atom. The molecule has 0 bridgehead atoms. The molecule has 0 amide bonds. The van der Waals surface area contributed by atoms with E-state index < -0.39 is 0 Å². The second-order valence-electron chi connectivity index (χ2n) is 5.30. The summed E-state index contributed by atoms with van der Waals surface area (Å²) in [4.78, 5) is 8.81. The van der Waals surface area contributed by atoms with Crippen LogP contribution in [0.2, 0.25) is 0 Å². The highest BCUT2D eigenvalue weighted by Crippen LogP contribution is 2.19. The lowest BCUT2D eigenvalue weighted by molar-refractivity contribution is 0.414. The first-order valence-corrected chi connectivity index (χ1v) is 7.46. The van der Waals surface area contributed by atoms with Crippen molar-refractivity contribution in [3.63, 3.8) is 0 Å². The molecule has 0 aliphatic rings. The number of aryl methyl sites for hydroxylation is 1. The monoisotopic (exact) mass is 302 g/mol. The summed E-state index contributed by atoms with van der Waals surface area (Å²) in [6.45, 7) is 2.05. The lowest BCUT2D eigenvalue weighted by Crippen LogP contribution is -1.88. The van der Waals surface area contributed by atoms with E-state index in [1.807, 2.05) is 60.9 Å². The van der Waals surface area contributed by atoms with E-state index in [0.717, 1.165) is 28.3 Å². The average molecular weight is 302 g/mol. The summed E-state index contributed by atoms with van der Waals surface area (Å²) in [6.07, 6.45) is 7.75. The van der Waals surface area contributed by atoms with E-state index >= 15 is 0 Å². The molecule has 2 heterocycles. The van der Waals surface area contributed by atoms with Gasteiger partial charge in [0.1, 0.15) is 5.75 Å². The molecule has 114 valence electrons.